The molecule has 0 unspecified atom stereocenters. The van der Waals surface area contributed by atoms with Crippen molar-refractivity contribution >= 4 is 11.0 Å². The molecule has 2 aliphatic heterocycles. The number of phenols is 2. The molecule has 2 aliphatic rings. The maximum atomic E-state index is 13.7. The number of fused-ring (bicyclic) bond motifs is 1. The lowest BCUT2D eigenvalue weighted by molar-refractivity contribution is -0.268. The fourth-order valence-electron chi connectivity index (χ4n) is 4.71. The first-order valence-electron chi connectivity index (χ1n) is 12.7. The molecule has 222 valence electrons. The second-order valence-electron chi connectivity index (χ2n) is 10.1. The summed E-state index contributed by atoms with van der Waals surface area (Å²) in [5.74, 6) is -1.55. The van der Waals surface area contributed by atoms with E-state index in [2.05, 4.69) is 0 Å². The first-order valence-corrected chi connectivity index (χ1v) is 12.7. The van der Waals surface area contributed by atoms with Crippen LogP contribution >= 0.6 is 0 Å². The van der Waals surface area contributed by atoms with Gasteiger partial charge in [-0.15, -0.1) is 0 Å². The van der Waals surface area contributed by atoms with Crippen LogP contribution in [0.25, 0.3) is 22.3 Å². The Hall–Kier alpha value is -3.47. The Bertz CT molecular complexity index is 1460. The molecule has 0 bridgehead atoms. The normalized spacial score (nSPS) is 34.0. The van der Waals surface area contributed by atoms with Gasteiger partial charge in [0, 0.05) is 17.7 Å². The molecule has 8 N–H and O–H groups in total. The summed E-state index contributed by atoms with van der Waals surface area (Å²) in [6.45, 7) is 2.90. The van der Waals surface area contributed by atoms with E-state index < -0.39 is 78.3 Å². The third kappa shape index (κ3) is 5.31. The van der Waals surface area contributed by atoms with Gasteiger partial charge in [-0.3, -0.25) is 4.79 Å². The smallest absolute Gasteiger partial charge is 0.239 e. The van der Waals surface area contributed by atoms with E-state index in [0.717, 1.165) is 6.07 Å². The SMILES string of the molecule is C[C@@H]1O[C@@H](Oc2c(-c3ccc(O)cc3)oc3cc(O[C@H]4O[C@@H](C)[C@H](O)[C@@H](O)[C@H]4O)cc(O)c3c2=O)[C@H](O)[C@H](O)[C@H]1O. The predicted octanol–water partition coefficient (Wildman–Crippen LogP) is -0.716. The summed E-state index contributed by atoms with van der Waals surface area (Å²) in [5, 5.41) is 81.1. The summed E-state index contributed by atoms with van der Waals surface area (Å²) in [6, 6.07) is 7.71. The topological polar surface area (TPSA) is 229 Å². The van der Waals surface area contributed by atoms with Crippen LogP contribution < -0.4 is 14.9 Å². The summed E-state index contributed by atoms with van der Waals surface area (Å²) in [5.41, 5.74) is -0.865. The van der Waals surface area contributed by atoms with Crippen molar-refractivity contribution in [2.45, 2.75) is 75.3 Å². The van der Waals surface area contributed by atoms with Gasteiger partial charge in [0.15, 0.2) is 5.76 Å². The number of hydrogen-bond acceptors (Lipinski definition) is 14. The largest absolute Gasteiger partial charge is 0.508 e. The van der Waals surface area contributed by atoms with Crippen LogP contribution in [0.2, 0.25) is 0 Å². The molecule has 0 radical (unpaired) electrons. The van der Waals surface area contributed by atoms with E-state index in [1.54, 1.807) is 0 Å². The van der Waals surface area contributed by atoms with Crippen molar-refractivity contribution in [2.75, 3.05) is 0 Å². The van der Waals surface area contributed by atoms with Crippen LogP contribution in [-0.2, 0) is 9.47 Å². The highest BCUT2D eigenvalue weighted by Crippen LogP contribution is 2.38. The first kappa shape index (κ1) is 29.0. The van der Waals surface area contributed by atoms with Crippen molar-refractivity contribution in [1.82, 2.24) is 0 Å². The number of aliphatic hydroxyl groups excluding tert-OH is 6. The zero-order chi connectivity index (χ0) is 29.7. The Labute approximate surface area is 231 Å². The van der Waals surface area contributed by atoms with Gasteiger partial charge in [-0.2, -0.15) is 0 Å². The van der Waals surface area contributed by atoms with E-state index in [1.807, 2.05) is 0 Å². The van der Waals surface area contributed by atoms with Gasteiger partial charge in [-0.1, -0.05) is 0 Å². The highest BCUT2D eigenvalue weighted by molar-refractivity contribution is 5.88. The molecular weight excluding hydrogens is 548 g/mol. The van der Waals surface area contributed by atoms with Crippen LogP contribution in [0.4, 0.5) is 0 Å². The molecule has 3 heterocycles. The molecule has 0 aliphatic carbocycles. The number of benzene rings is 2. The van der Waals surface area contributed by atoms with Gasteiger partial charge in [0.1, 0.15) is 64.8 Å². The molecule has 2 saturated heterocycles. The van der Waals surface area contributed by atoms with Crippen molar-refractivity contribution < 1.29 is 64.2 Å². The highest BCUT2D eigenvalue weighted by Gasteiger charge is 2.45. The minimum absolute atomic E-state index is 0.0859. The molecule has 0 amide bonds. The van der Waals surface area contributed by atoms with Crippen LogP contribution in [0.5, 0.6) is 23.0 Å². The number of phenolic OH excluding ortho intramolecular Hbond substituents is 2. The fourth-order valence-corrected chi connectivity index (χ4v) is 4.71. The third-order valence-electron chi connectivity index (χ3n) is 7.14. The van der Waals surface area contributed by atoms with Crippen molar-refractivity contribution in [2.24, 2.45) is 0 Å². The molecule has 2 aromatic carbocycles. The van der Waals surface area contributed by atoms with E-state index >= 15 is 0 Å². The van der Waals surface area contributed by atoms with Crippen LogP contribution in [0.1, 0.15) is 13.8 Å². The molecule has 14 heteroatoms. The lowest BCUT2D eigenvalue weighted by atomic mass is 10.00. The summed E-state index contributed by atoms with van der Waals surface area (Å²) in [7, 11) is 0. The second-order valence-corrected chi connectivity index (χ2v) is 10.1. The maximum Gasteiger partial charge on any atom is 0.239 e. The zero-order valence-corrected chi connectivity index (χ0v) is 21.8. The summed E-state index contributed by atoms with van der Waals surface area (Å²) in [6.07, 6.45) is -14.3. The minimum atomic E-state index is -1.76. The molecule has 0 spiro atoms. The van der Waals surface area contributed by atoms with Gasteiger partial charge in [-0.25, -0.2) is 0 Å². The Morgan fingerprint density at radius 2 is 1.24 bits per heavy atom. The van der Waals surface area contributed by atoms with Gasteiger partial charge in [0.25, 0.3) is 0 Å². The Morgan fingerprint density at radius 3 is 1.80 bits per heavy atom. The number of aliphatic hydroxyl groups is 6. The maximum absolute atomic E-state index is 13.7. The Morgan fingerprint density at radius 1 is 0.707 bits per heavy atom. The lowest BCUT2D eigenvalue weighted by Gasteiger charge is -2.39. The van der Waals surface area contributed by atoms with Gasteiger partial charge in [0.2, 0.25) is 23.8 Å². The van der Waals surface area contributed by atoms with Gasteiger partial charge >= 0.3 is 0 Å². The van der Waals surface area contributed by atoms with Gasteiger partial charge in [0.05, 0.1) is 12.2 Å². The molecule has 5 rings (SSSR count). The number of hydrogen-bond donors (Lipinski definition) is 8. The molecule has 41 heavy (non-hydrogen) atoms. The average molecular weight is 579 g/mol. The zero-order valence-electron chi connectivity index (χ0n) is 21.8. The molecule has 10 atom stereocenters. The molecule has 2 fully saturated rings. The van der Waals surface area contributed by atoms with Gasteiger partial charge in [-0.05, 0) is 38.1 Å². The van der Waals surface area contributed by atoms with Crippen molar-refractivity contribution in [3.63, 3.8) is 0 Å². The van der Waals surface area contributed by atoms with E-state index in [1.165, 1.54) is 44.2 Å². The molecule has 14 nitrogen and oxygen atoms in total. The number of ether oxygens (including phenoxy) is 4. The molecule has 1 aromatic heterocycles. The summed E-state index contributed by atoms with van der Waals surface area (Å²) < 4.78 is 28.2. The quantitative estimate of drug-likeness (QED) is 0.187. The van der Waals surface area contributed by atoms with Crippen LogP contribution in [-0.4, -0.2) is 102 Å². The molecular formula is C27H30O14. The summed E-state index contributed by atoms with van der Waals surface area (Å²) in [4.78, 5) is 13.7. The van der Waals surface area contributed by atoms with Crippen molar-refractivity contribution in [3.05, 3.63) is 46.6 Å². The van der Waals surface area contributed by atoms with E-state index in [0.29, 0.717) is 0 Å². The van der Waals surface area contributed by atoms with Crippen LogP contribution in [0, 0.1) is 0 Å². The van der Waals surface area contributed by atoms with E-state index in [9.17, 15) is 45.6 Å². The van der Waals surface area contributed by atoms with Crippen LogP contribution in [0.15, 0.2) is 45.6 Å². The molecule has 3 aromatic rings. The van der Waals surface area contributed by atoms with Crippen LogP contribution in [0.3, 0.4) is 0 Å². The van der Waals surface area contributed by atoms with Crippen molar-refractivity contribution in [1.29, 1.82) is 0 Å². The first-order chi connectivity index (χ1) is 19.4. The van der Waals surface area contributed by atoms with Crippen molar-refractivity contribution in [3.8, 4) is 34.3 Å². The monoisotopic (exact) mass is 578 g/mol. The number of rotatable bonds is 5. The standard InChI is InChI=1S/C27H30O14/c1-9-17(30)20(33)22(35)26(37-9)39-13-7-14(29)16-15(8-13)40-24(11-3-5-12(28)6-4-11)25(19(16)32)41-27-23(36)21(34)18(31)10(2)38-27/h3-10,17-18,20-23,26-31,33-36H,1-2H3/t9-,10-,17-,18-,20+,21+,22+,23+,26+,27-/m0/s1. The van der Waals surface area contributed by atoms with E-state index in [-0.39, 0.29) is 33.8 Å². The fraction of sp³-hybridized carbons (Fsp3) is 0.444. The Kier molecular flexibility index (Phi) is 7.84. The van der Waals surface area contributed by atoms with Gasteiger partial charge < -0.3 is 64.2 Å². The third-order valence-corrected chi connectivity index (χ3v) is 7.14. The summed E-state index contributed by atoms with van der Waals surface area (Å²) >= 11 is 0. The highest BCUT2D eigenvalue weighted by atomic mass is 16.7. The molecule has 0 saturated carbocycles. The average Bonchev–Trinajstić information content (AvgIpc) is 2.93. The van der Waals surface area contributed by atoms with E-state index in [4.69, 9.17) is 23.4 Å². The lowest BCUT2D eigenvalue weighted by Crippen LogP contribution is -2.58. The second kappa shape index (κ2) is 11.1. The minimum Gasteiger partial charge on any atom is -0.508 e. The predicted molar refractivity (Wildman–Crippen MR) is 137 cm³/mol. The Balaban J connectivity index is 1.58. The number of aromatic hydroxyl groups is 2.